The van der Waals surface area contributed by atoms with Gasteiger partial charge in [0.15, 0.2) is 0 Å². The molecule has 18 heavy (non-hydrogen) atoms. The van der Waals surface area contributed by atoms with Crippen molar-refractivity contribution in [2.24, 2.45) is 0 Å². The standard InChI is InChI=1S/C16H18N2/c1-3-9-18-10-12(4-2)16-13-7-5-6-8-14(13)17-15(16)11-18/h3-8,12,17H,1-2,9-11H2/t12-/m0/s1. The highest BCUT2D eigenvalue weighted by Crippen LogP contribution is 2.34. The van der Waals surface area contributed by atoms with Gasteiger partial charge in [0.25, 0.3) is 0 Å². The largest absolute Gasteiger partial charge is 0.357 e. The molecule has 0 bridgehead atoms. The number of nitrogens with zero attached hydrogens (tertiary/aromatic N) is 1. The third kappa shape index (κ3) is 1.70. The van der Waals surface area contributed by atoms with Gasteiger partial charge in [-0.3, -0.25) is 4.90 Å². The zero-order valence-electron chi connectivity index (χ0n) is 10.5. The molecule has 0 fully saturated rings. The number of H-pyrrole nitrogens is 1. The Morgan fingerprint density at radius 3 is 2.94 bits per heavy atom. The highest BCUT2D eigenvalue weighted by Gasteiger charge is 2.26. The van der Waals surface area contributed by atoms with Crippen LogP contribution in [0.25, 0.3) is 10.9 Å². The van der Waals surface area contributed by atoms with Gasteiger partial charge in [-0.2, -0.15) is 0 Å². The number of aromatic amines is 1. The van der Waals surface area contributed by atoms with Crippen LogP contribution >= 0.6 is 0 Å². The average molecular weight is 238 g/mol. The zero-order valence-corrected chi connectivity index (χ0v) is 10.5. The number of hydrogen-bond acceptors (Lipinski definition) is 1. The van der Waals surface area contributed by atoms with E-state index in [1.165, 1.54) is 22.2 Å². The lowest BCUT2D eigenvalue weighted by Gasteiger charge is -2.30. The summed E-state index contributed by atoms with van der Waals surface area (Å²) in [4.78, 5) is 5.94. The van der Waals surface area contributed by atoms with Crippen molar-refractivity contribution in [3.63, 3.8) is 0 Å². The molecule has 1 aliphatic rings. The molecule has 1 N–H and O–H groups in total. The fourth-order valence-electron chi connectivity index (χ4n) is 2.94. The summed E-state index contributed by atoms with van der Waals surface area (Å²) in [5, 5.41) is 1.34. The predicted molar refractivity (Wildman–Crippen MR) is 76.7 cm³/mol. The van der Waals surface area contributed by atoms with Crippen molar-refractivity contribution in [1.82, 2.24) is 9.88 Å². The van der Waals surface area contributed by atoms with E-state index in [0.717, 1.165) is 19.6 Å². The van der Waals surface area contributed by atoms with E-state index in [1.54, 1.807) is 0 Å². The first kappa shape index (κ1) is 11.3. The van der Waals surface area contributed by atoms with Crippen molar-refractivity contribution in [2.75, 3.05) is 13.1 Å². The summed E-state index contributed by atoms with van der Waals surface area (Å²) in [6, 6.07) is 8.53. The number of fused-ring (bicyclic) bond motifs is 3. The third-order valence-corrected chi connectivity index (χ3v) is 3.71. The highest BCUT2D eigenvalue weighted by atomic mass is 15.1. The first-order chi connectivity index (χ1) is 8.83. The third-order valence-electron chi connectivity index (χ3n) is 3.71. The monoisotopic (exact) mass is 238 g/mol. The summed E-state index contributed by atoms with van der Waals surface area (Å²) in [6.45, 7) is 10.8. The molecule has 2 nitrogen and oxygen atoms in total. The number of aromatic nitrogens is 1. The van der Waals surface area contributed by atoms with Crippen LogP contribution in [-0.2, 0) is 6.54 Å². The van der Waals surface area contributed by atoms with Gasteiger partial charge in [0.2, 0.25) is 0 Å². The SMILES string of the molecule is C=CCN1Cc2[nH]c3ccccc3c2[C@@H](C=C)C1. The van der Waals surface area contributed by atoms with Gasteiger partial charge in [-0.15, -0.1) is 13.2 Å². The van der Waals surface area contributed by atoms with Crippen LogP contribution in [0.1, 0.15) is 17.2 Å². The van der Waals surface area contributed by atoms with Crippen LogP contribution in [0.3, 0.4) is 0 Å². The second-order valence-corrected chi connectivity index (χ2v) is 4.89. The van der Waals surface area contributed by atoms with Crippen LogP contribution in [0.5, 0.6) is 0 Å². The normalized spacial score (nSPS) is 19.7. The van der Waals surface area contributed by atoms with Crippen LogP contribution in [0.15, 0.2) is 49.6 Å². The van der Waals surface area contributed by atoms with E-state index in [1.807, 2.05) is 6.08 Å². The van der Waals surface area contributed by atoms with Crippen molar-refractivity contribution in [2.45, 2.75) is 12.5 Å². The molecule has 1 atom stereocenters. The number of para-hydroxylation sites is 1. The molecule has 1 aliphatic heterocycles. The van der Waals surface area contributed by atoms with E-state index in [9.17, 15) is 0 Å². The Hall–Kier alpha value is -1.80. The first-order valence-electron chi connectivity index (χ1n) is 6.38. The predicted octanol–water partition coefficient (Wildman–Crippen LogP) is 3.44. The molecular formula is C16H18N2. The lowest BCUT2D eigenvalue weighted by Crippen LogP contribution is -2.32. The molecule has 0 spiro atoms. The summed E-state index contributed by atoms with van der Waals surface area (Å²) in [5.74, 6) is 0.407. The summed E-state index contributed by atoms with van der Waals surface area (Å²) in [6.07, 6.45) is 4.03. The van der Waals surface area contributed by atoms with Crippen molar-refractivity contribution in [3.05, 3.63) is 60.8 Å². The van der Waals surface area contributed by atoms with E-state index in [0.29, 0.717) is 5.92 Å². The molecule has 2 heterocycles. The molecule has 0 radical (unpaired) electrons. The summed E-state index contributed by atoms with van der Waals surface area (Å²) in [5.41, 5.74) is 3.99. The highest BCUT2D eigenvalue weighted by molar-refractivity contribution is 5.85. The Morgan fingerprint density at radius 2 is 2.17 bits per heavy atom. The lowest BCUT2D eigenvalue weighted by atomic mass is 9.92. The van der Waals surface area contributed by atoms with Gasteiger partial charge >= 0.3 is 0 Å². The smallest absolute Gasteiger partial charge is 0.0459 e. The minimum absolute atomic E-state index is 0.407. The lowest BCUT2D eigenvalue weighted by molar-refractivity contribution is 0.266. The fraction of sp³-hybridized carbons (Fsp3) is 0.250. The maximum Gasteiger partial charge on any atom is 0.0459 e. The first-order valence-corrected chi connectivity index (χ1v) is 6.38. The quantitative estimate of drug-likeness (QED) is 0.812. The molecule has 0 saturated carbocycles. The molecule has 0 unspecified atom stereocenters. The van der Waals surface area contributed by atoms with Gasteiger partial charge in [0.05, 0.1) is 0 Å². The van der Waals surface area contributed by atoms with Crippen LogP contribution < -0.4 is 0 Å². The van der Waals surface area contributed by atoms with E-state index in [2.05, 4.69) is 53.4 Å². The fourth-order valence-corrected chi connectivity index (χ4v) is 2.94. The van der Waals surface area contributed by atoms with Gasteiger partial charge in [-0.25, -0.2) is 0 Å². The van der Waals surface area contributed by atoms with Gasteiger partial charge in [-0.1, -0.05) is 30.4 Å². The Labute approximate surface area is 108 Å². The molecular weight excluding hydrogens is 220 g/mol. The van der Waals surface area contributed by atoms with Gasteiger partial charge in [-0.05, 0) is 11.6 Å². The molecule has 0 amide bonds. The Kier molecular flexibility index (Phi) is 2.80. The molecule has 92 valence electrons. The maximum absolute atomic E-state index is 4.00. The molecule has 1 aromatic heterocycles. The van der Waals surface area contributed by atoms with E-state index in [4.69, 9.17) is 0 Å². The minimum atomic E-state index is 0.407. The Balaban J connectivity index is 2.12. The molecule has 0 saturated heterocycles. The Morgan fingerprint density at radius 1 is 1.33 bits per heavy atom. The maximum atomic E-state index is 4.00. The van der Waals surface area contributed by atoms with Crippen LogP contribution in [-0.4, -0.2) is 23.0 Å². The summed E-state index contributed by atoms with van der Waals surface area (Å²) < 4.78 is 0. The van der Waals surface area contributed by atoms with Gasteiger partial charge in [0, 0.05) is 42.1 Å². The molecule has 1 aromatic carbocycles. The second-order valence-electron chi connectivity index (χ2n) is 4.89. The number of benzene rings is 1. The van der Waals surface area contributed by atoms with E-state index >= 15 is 0 Å². The van der Waals surface area contributed by atoms with E-state index < -0.39 is 0 Å². The van der Waals surface area contributed by atoms with Crippen molar-refractivity contribution in [3.8, 4) is 0 Å². The molecule has 2 heteroatoms. The van der Waals surface area contributed by atoms with Crippen LogP contribution in [0.4, 0.5) is 0 Å². The van der Waals surface area contributed by atoms with Crippen molar-refractivity contribution >= 4 is 10.9 Å². The van der Waals surface area contributed by atoms with E-state index in [-0.39, 0.29) is 0 Å². The number of rotatable bonds is 3. The molecule has 3 rings (SSSR count). The number of hydrogen-bond donors (Lipinski definition) is 1. The second kappa shape index (κ2) is 4.46. The zero-order chi connectivity index (χ0) is 12.5. The molecule has 2 aromatic rings. The Bertz CT molecular complexity index is 594. The number of nitrogens with one attached hydrogen (secondary N) is 1. The van der Waals surface area contributed by atoms with Crippen molar-refractivity contribution in [1.29, 1.82) is 0 Å². The summed E-state index contributed by atoms with van der Waals surface area (Å²) >= 11 is 0. The van der Waals surface area contributed by atoms with Crippen molar-refractivity contribution < 1.29 is 0 Å². The molecule has 0 aliphatic carbocycles. The van der Waals surface area contributed by atoms with Gasteiger partial charge in [0.1, 0.15) is 0 Å². The summed E-state index contributed by atoms with van der Waals surface area (Å²) in [7, 11) is 0. The minimum Gasteiger partial charge on any atom is -0.357 e. The van der Waals surface area contributed by atoms with Gasteiger partial charge < -0.3 is 4.98 Å². The topological polar surface area (TPSA) is 19.0 Å². The van der Waals surface area contributed by atoms with Crippen LogP contribution in [0.2, 0.25) is 0 Å². The van der Waals surface area contributed by atoms with Crippen LogP contribution in [0, 0.1) is 0 Å². The average Bonchev–Trinajstić information content (AvgIpc) is 2.76.